The number of carbonyl (C=O) groups is 1. The van der Waals surface area contributed by atoms with Gasteiger partial charge in [0.15, 0.2) is 12.4 Å². The molecular weight excluding hydrogens is 313 g/mol. The van der Waals surface area contributed by atoms with E-state index in [2.05, 4.69) is 10.3 Å². The lowest BCUT2D eigenvalue weighted by Crippen LogP contribution is -2.21. The number of nitrogen functional groups attached to an aromatic ring is 1. The Hall–Kier alpha value is -1.98. The molecule has 0 aliphatic heterocycles. The Balaban J connectivity index is 1.96. The summed E-state index contributed by atoms with van der Waals surface area (Å²) in [5, 5.41) is 3.21. The third-order valence-electron chi connectivity index (χ3n) is 2.62. The number of amides is 1. The predicted octanol–water partition coefficient (Wildman–Crippen LogP) is 3.30. The summed E-state index contributed by atoms with van der Waals surface area (Å²) in [5.41, 5.74) is 7.14. The molecule has 0 aliphatic carbocycles. The Morgan fingerprint density at radius 2 is 2.14 bits per heavy atom. The molecule has 0 aliphatic rings. The molecule has 0 radical (unpaired) electrons. The topological polar surface area (TPSA) is 77.2 Å². The summed E-state index contributed by atoms with van der Waals surface area (Å²) in [6.07, 6.45) is 1.40. The van der Waals surface area contributed by atoms with E-state index in [-0.39, 0.29) is 23.4 Å². The molecule has 2 rings (SSSR count). The molecule has 0 fully saturated rings. The zero-order chi connectivity index (χ0) is 15.4. The third-order valence-corrected chi connectivity index (χ3v) is 3.12. The van der Waals surface area contributed by atoms with Gasteiger partial charge in [-0.2, -0.15) is 0 Å². The van der Waals surface area contributed by atoms with Gasteiger partial charge in [0.05, 0.1) is 10.0 Å². The SMILES string of the molecule is Cc1cc(N)ccc1OCC(=O)Nc1ncc(Cl)cc1Cl. The molecule has 3 N–H and O–H groups in total. The maximum atomic E-state index is 11.8. The van der Waals surface area contributed by atoms with Crippen molar-refractivity contribution in [2.75, 3.05) is 17.7 Å². The third kappa shape index (κ3) is 4.24. The Labute approximate surface area is 132 Å². The molecule has 0 bridgehead atoms. The monoisotopic (exact) mass is 325 g/mol. The molecule has 0 spiro atoms. The van der Waals surface area contributed by atoms with Gasteiger partial charge >= 0.3 is 0 Å². The van der Waals surface area contributed by atoms with Gasteiger partial charge in [-0.25, -0.2) is 4.98 Å². The van der Waals surface area contributed by atoms with Gasteiger partial charge in [0.25, 0.3) is 5.91 Å². The molecule has 0 saturated carbocycles. The van der Waals surface area contributed by atoms with Gasteiger partial charge in [-0.15, -0.1) is 0 Å². The summed E-state index contributed by atoms with van der Waals surface area (Å²) >= 11 is 11.6. The lowest BCUT2D eigenvalue weighted by molar-refractivity contribution is -0.118. The molecule has 110 valence electrons. The largest absolute Gasteiger partial charge is 0.483 e. The second kappa shape index (κ2) is 6.65. The van der Waals surface area contributed by atoms with Gasteiger partial charge in [0.2, 0.25) is 0 Å². The summed E-state index contributed by atoms with van der Waals surface area (Å²) in [6, 6.07) is 6.69. The summed E-state index contributed by atoms with van der Waals surface area (Å²) < 4.78 is 5.42. The van der Waals surface area contributed by atoms with E-state index in [0.717, 1.165) is 5.56 Å². The molecule has 2 aromatic rings. The van der Waals surface area contributed by atoms with Crippen LogP contribution in [-0.2, 0) is 4.79 Å². The zero-order valence-electron chi connectivity index (χ0n) is 11.2. The lowest BCUT2D eigenvalue weighted by Gasteiger charge is -2.10. The molecule has 1 amide bonds. The summed E-state index contributed by atoms with van der Waals surface area (Å²) in [4.78, 5) is 15.7. The van der Waals surface area contributed by atoms with Crippen molar-refractivity contribution in [2.45, 2.75) is 6.92 Å². The number of anilines is 2. The van der Waals surface area contributed by atoms with Crippen LogP contribution >= 0.6 is 23.2 Å². The number of nitrogens with one attached hydrogen (secondary N) is 1. The number of hydrogen-bond donors (Lipinski definition) is 2. The molecule has 0 atom stereocenters. The highest BCUT2D eigenvalue weighted by atomic mass is 35.5. The first kappa shape index (κ1) is 15.4. The molecule has 1 aromatic carbocycles. The fourth-order valence-corrected chi connectivity index (χ4v) is 2.08. The number of aromatic nitrogens is 1. The van der Waals surface area contributed by atoms with Gasteiger partial charge in [0, 0.05) is 11.9 Å². The van der Waals surface area contributed by atoms with Crippen molar-refractivity contribution in [1.82, 2.24) is 4.98 Å². The van der Waals surface area contributed by atoms with Crippen molar-refractivity contribution < 1.29 is 9.53 Å². The van der Waals surface area contributed by atoms with Gasteiger partial charge in [-0.05, 0) is 36.8 Å². The van der Waals surface area contributed by atoms with Gasteiger partial charge in [0.1, 0.15) is 5.75 Å². The Kier molecular flexibility index (Phi) is 4.88. The zero-order valence-corrected chi connectivity index (χ0v) is 12.7. The van der Waals surface area contributed by atoms with E-state index in [4.69, 9.17) is 33.7 Å². The van der Waals surface area contributed by atoms with Crippen LogP contribution in [0.1, 0.15) is 5.56 Å². The van der Waals surface area contributed by atoms with Crippen LogP contribution in [-0.4, -0.2) is 17.5 Å². The summed E-state index contributed by atoms with van der Waals surface area (Å²) in [7, 11) is 0. The fraction of sp³-hybridized carbons (Fsp3) is 0.143. The number of ether oxygens (including phenoxy) is 1. The molecule has 0 saturated heterocycles. The van der Waals surface area contributed by atoms with Crippen LogP contribution in [0.5, 0.6) is 5.75 Å². The number of benzene rings is 1. The number of rotatable bonds is 4. The highest BCUT2D eigenvalue weighted by Gasteiger charge is 2.09. The molecule has 1 heterocycles. The minimum absolute atomic E-state index is 0.161. The normalized spacial score (nSPS) is 10.2. The quantitative estimate of drug-likeness (QED) is 0.845. The maximum absolute atomic E-state index is 11.8. The van der Waals surface area contributed by atoms with Gasteiger partial charge in [-0.1, -0.05) is 23.2 Å². The fourth-order valence-electron chi connectivity index (χ4n) is 1.65. The van der Waals surface area contributed by atoms with Crippen LogP contribution in [0.4, 0.5) is 11.5 Å². The molecule has 7 heteroatoms. The van der Waals surface area contributed by atoms with E-state index in [1.165, 1.54) is 12.3 Å². The van der Waals surface area contributed by atoms with Crippen LogP contribution in [0.3, 0.4) is 0 Å². The molecule has 5 nitrogen and oxygen atoms in total. The van der Waals surface area contributed by atoms with Crippen LogP contribution in [0, 0.1) is 6.92 Å². The maximum Gasteiger partial charge on any atom is 0.263 e. The van der Waals surface area contributed by atoms with E-state index in [0.29, 0.717) is 16.5 Å². The second-order valence-corrected chi connectivity index (χ2v) is 5.19. The first-order valence-electron chi connectivity index (χ1n) is 6.05. The van der Waals surface area contributed by atoms with Crippen molar-refractivity contribution in [3.63, 3.8) is 0 Å². The highest BCUT2D eigenvalue weighted by molar-refractivity contribution is 6.36. The van der Waals surface area contributed by atoms with E-state index in [9.17, 15) is 4.79 Å². The lowest BCUT2D eigenvalue weighted by atomic mass is 10.2. The number of nitrogens with zero attached hydrogens (tertiary/aromatic N) is 1. The first-order valence-corrected chi connectivity index (χ1v) is 6.81. The van der Waals surface area contributed by atoms with Crippen molar-refractivity contribution >= 4 is 40.6 Å². The molecule has 0 unspecified atom stereocenters. The Bertz CT molecular complexity index is 677. The number of hydrogen-bond acceptors (Lipinski definition) is 4. The minimum Gasteiger partial charge on any atom is -0.483 e. The number of halogens is 2. The van der Waals surface area contributed by atoms with Crippen molar-refractivity contribution in [3.8, 4) is 5.75 Å². The first-order chi connectivity index (χ1) is 9.95. The molecule has 1 aromatic heterocycles. The van der Waals surface area contributed by atoms with E-state index in [1.807, 2.05) is 6.92 Å². The Morgan fingerprint density at radius 3 is 2.81 bits per heavy atom. The van der Waals surface area contributed by atoms with Crippen molar-refractivity contribution in [1.29, 1.82) is 0 Å². The number of pyridine rings is 1. The summed E-state index contributed by atoms with van der Waals surface area (Å²) in [5.74, 6) is 0.459. The van der Waals surface area contributed by atoms with Crippen LogP contribution in [0.25, 0.3) is 0 Å². The number of nitrogens with two attached hydrogens (primary N) is 1. The second-order valence-electron chi connectivity index (χ2n) is 4.35. The number of carbonyl (C=O) groups excluding carboxylic acids is 1. The average molecular weight is 326 g/mol. The van der Waals surface area contributed by atoms with E-state index >= 15 is 0 Å². The van der Waals surface area contributed by atoms with Crippen LogP contribution < -0.4 is 15.8 Å². The van der Waals surface area contributed by atoms with E-state index < -0.39 is 0 Å². The highest BCUT2D eigenvalue weighted by Crippen LogP contribution is 2.23. The van der Waals surface area contributed by atoms with Crippen LogP contribution in [0.15, 0.2) is 30.5 Å². The van der Waals surface area contributed by atoms with Crippen molar-refractivity contribution in [2.24, 2.45) is 0 Å². The minimum atomic E-state index is -0.372. The number of aryl methyl sites for hydroxylation is 1. The summed E-state index contributed by atoms with van der Waals surface area (Å²) in [6.45, 7) is 1.69. The average Bonchev–Trinajstić information content (AvgIpc) is 2.41. The van der Waals surface area contributed by atoms with Gasteiger partial charge in [-0.3, -0.25) is 4.79 Å². The predicted molar refractivity (Wildman–Crippen MR) is 84.0 cm³/mol. The molecule has 21 heavy (non-hydrogen) atoms. The smallest absolute Gasteiger partial charge is 0.263 e. The molecular formula is C14H13Cl2N3O2. The van der Waals surface area contributed by atoms with Crippen LogP contribution in [0.2, 0.25) is 10.0 Å². The van der Waals surface area contributed by atoms with Gasteiger partial charge < -0.3 is 15.8 Å². The standard InChI is InChI=1S/C14H13Cl2N3O2/c1-8-4-10(17)2-3-12(8)21-7-13(20)19-14-11(16)5-9(15)6-18-14/h2-6H,7,17H2,1H3,(H,18,19,20). The van der Waals surface area contributed by atoms with Crippen molar-refractivity contribution in [3.05, 3.63) is 46.1 Å². The van der Waals surface area contributed by atoms with E-state index in [1.54, 1.807) is 18.2 Å². The Morgan fingerprint density at radius 1 is 1.38 bits per heavy atom.